The van der Waals surface area contributed by atoms with Crippen molar-refractivity contribution in [3.05, 3.63) is 136 Å². The Kier molecular flexibility index (Phi) is 11.8. The molecule has 10 nitrogen and oxygen atoms in total. The second-order valence-corrected chi connectivity index (χ2v) is 11.9. The van der Waals surface area contributed by atoms with Crippen LogP contribution in [0.25, 0.3) is 11.1 Å². The molecular weight excluding hydrogens is 598 g/mol. The molecule has 1 unspecified atom stereocenters. The molecule has 0 aliphatic heterocycles. The summed E-state index contributed by atoms with van der Waals surface area (Å²) in [6, 6.07) is 31.0. The van der Waals surface area contributed by atoms with Gasteiger partial charge in [0.15, 0.2) is 0 Å². The second kappa shape index (κ2) is 16.2. The summed E-state index contributed by atoms with van der Waals surface area (Å²) in [4.78, 5) is 52.6. The Labute approximate surface area is 274 Å². The number of nitro benzene ring substituents is 1. The molecule has 0 saturated carbocycles. The fourth-order valence-corrected chi connectivity index (χ4v) is 5.40. The van der Waals surface area contributed by atoms with Crippen LogP contribution in [-0.4, -0.2) is 51.5 Å². The van der Waals surface area contributed by atoms with Gasteiger partial charge in [0.25, 0.3) is 5.69 Å². The third kappa shape index (κ3) is 9.74. The van der Waals surface area contributed by atoms with Gasteiger partial charge in [0.1, 0.15) is 12.1 Å². The third-order valence-electron chi connectivity index (χ3n) is 7.68. The van der Waals surface area contributed by atoms with Crippen LogP contribution in [0.4, 0.5) is 10.5 Å². The molecule has 0 aliphatic rings. The lowest BCUT2D eigenvalue weighted by atomic mass is 9.82. The molecule has 4 aromatic rings. The minimum absolute atomic E-state index is 0.00471. The van der Waals surface area contributed by atoms with Gasteiger partial charge >= 0.3 is 18.0 Å². The van der Waals surface area contributed by atoms with Crippen molar-refractivity contribution >= 4 is 23.7 Å². The number of esters is 1. The van der Waals surface area contributed by atoms with E-state index in [1.165, 1.54) is 17.0 Å². The van der Waals surface area contributed by atoms with Crippen LogP contribution in [0.1, 0.15) is 37.0 Å². The zero-order chi connectivity index (χ0) is 33.8. The van der Waals surface area contributed by atoms with Crippen LogP contribution in [0.2, 0.25) is 0 Å². The van der Waals surface area contributed by atoms with Crippen LogP contribution >= 0.6 is 0 Å². The molecule has 0 aliphatic carbocycles. The van der Waals surface area contributed by atoms with E-state index in [0.29, 0.717) is 16.7 Å². The first kappa shape index (κ1) is 34.4. The molecule has 4 aromatic carbocycles. The number of hydrogen-bond acceptors (Lipinski definition) is 6. The molecule has 0 radical (unpaired) electrons. The SMILES string of the molecule is CC(C)CN(CCC(=O)OCc1ccccc1)C(=O)NC(Cc1ccccc1)(Cc1cc([N+](=O)[O-])ccc1-c1ccccc1)C(=O)O. The summed E-state index contributed by atoms with van der Waals surface area (Å²) in [7, 11) is 0. The molecule has 0 bridgehead atoms. The fraction of sp³-hybridized carbons (Fsp3) is 0.270. The van der Waals surface area contributed by atoms with Crippen LogP contribution < -0.4 is 5.32 Å². The Balaban J connectivity index is 1.66. The van der Waals surface area contributed by atoms with Gasteiger partial charge in [-0.3, -0.25) is 14.9 Å². The Bertz CT molecular complexity index is 1660. The monoisotopic (exact) mass is 637 g/mol. The molecule has 0 saturated heterocycles. The molecule has 0 fully saturated rings. The number of nitro groups is 1. The smallest absolute Gasteiger partial charge is 0.330 e. The maximum Gasteiger partial charge on any atom is 0.330 e. The van der Waals surface area contributed by atoms with Gasteiger partial charge < -0.3 is 20.1 Å². The first-order chi connectivity index (χ1) is 22.6. The van der Waals surface area contributed by atoms with Crippen LogP contribution in [0.3, 0.4) is 0 Å². The zero-order valence-electron chi connectivity index (χ0n) is 26.5. The number of nitrogens with one attached hydrogen (secondary N) is 1. The quantitative estimate of drug-likeness (QED) is 0.0843. The minimum atomic E-state index is -1.90. The topological polar surface area (TPSA) is 139 Å². The molecule has 10 heteroatoms. The van der Waals surface area contributed by atoms with E-state index in [9.17, 15) is 29.6 Å². The zero-order valence-corrected chi connectivity index (χ0v) is 26.5. The van der Waals surface area contributed by atoms with Gasteiger partial charge in [0.2, 0.25) is 0 Å². The predicted molar refractivity (Wildman–Crippen MR) is 179 cm³/mol. The number of urea groups is 1. The highest BCUT2D eigenvalue weighted by Gasteiger charge is 2.42. The number of rotatable bonds is 15. The standard InChI is InChI=1S/C37H39N3O7/c1-27(2)25-39(21-20-34(41)47-26-29-14-8-4-9-15-29)36(44)38-37(35(42)43,23-28-12-6-3-7-13-28)24-31-22-32(40(45)46)18-19-33(31)30-16-10-5-11-17-30/h3-19,22,27H,20-21,23-26H2,1-2H3,(H,38,44)(H,42,43). The van der Waals surface area contributed by atoms with Crippen LogP contribution in [-0.2, 0) is 33.8 Å². The summed E-state index contributed by atoms with van der Waals surface area (Å²) >= 11 is 0. The number of non-ortho nitro benzene ring substituents is 1. The van der Waals surface area contributed by atoms with Gasteiger partial charge in [0, 0.05) is 38.1 Å². The average molecular weight is 638 g/mol. The highest BCUT2D eigenvalue weighted by atomic mass is 16.6. The lowest BCUT2D eigenvalue weighted by molar-refractivity contribution is -0.384. The predicted octanol–water partition coefficient (Wildman–Crippen LogP) is 6.67. The number of carboxylic acids is 1. The summed E-state index contributed by atoms with van der Waals surface area (Å²) in [6.07, 6.45) is -0.432. The van der Waals surface area contributed by atoms with Crippen LogP contribution in [0.15, 0.2) is 109 Å². The highest BCUT2D eigenvalue weighted by molar-refractivity contribution is 5.88. The van der Waals surface area contributed by atoms with Crippen LogP contribution in [0.5, 0.6) is 0 Å². The van der Waals surface area contributed by atoms with E-state index in [1.807, 2.05) is 74.5 Å². The van der Waals surface area contributed by atoms with Gasteiger partial charge in [-0.25, -0.2) is 9.59 Å². The van der Waals surface area contributed by atoms with Crippen molar-refractivity contribution in [3.8, 4) is 11.1 Å². The molecule has 47 heavy (non-hydrogen) atoms. The van der Waals surface area contributed by atoms with E-state index in [4.69, 9.17) is 4.74 Å². The maximum absolute atomic E-state index is 14.0. The Morgan fingerprint density at radius 2 is 1.47 bits per heavy atom. The van der Waals surface area contributed by atoms with E-state index in [2.05, 4.69) is 5.32 Å². The molecule has 244 valence electrons. The third-order valence-corrected chi connectivity index (χ3v) is 7.68. The number of amides is 2. The number of nitrogens with zero attached hydrogens (tertiary/aromatic N) is 2. The van der Waals surface area contributed by atoms with E-state index < -0.39 is 28.4 Å². The Morgan fingerprint density at radius 3 is 2.04 bits per heavy atom. The summed E-state index contributed by atoms with van der Waals surface area (Å²) in [5.74, 6) is -1.78. The summed E-state index contributed by atoms with van der Waals surface area (Å²) in [5, 5.41) is 25.5. The number of carbonyl (C=O) groups excluding carboxylic acids is 2. The van der Waals surface area contributed by atoms with Crippen molar-refractivity contribution in [2.75, 3.05) is 13.1 Å². The van der Waals surface area contributed by atoms with Crippen molar-refractivity contribution in [1.82, 2.24) is 10.2 Å². The largest absolute Gasteiger partial charge is 0.479 e. The molecule has 0 spiro atoms. The van der Waals surface area contributed by atoms with Crippen LogP contribution in [0, 0.1) is 16.0 Å². The van der Waals surface area contributed by atoms with E-state index >= 15 is 0 Å². The summed E-state index contributed by atoms with van der Waals surface area (Å²) in [5.41, 5.74) is 1.15. The summed E-state index contributed by atoms with van der Waals surface area (Å²) < 4.78 is 5.40. The van der Waals surface area contributed by atoms with Crippen molar-refractivity contribution in [3.63, 3.8) is 0 Å². The molecule has 2 N–H and O–H groups in total. The molecule has 2 amide bonds. The van der Waals surface area contributed by atoms with Crippen molar-refractivity contribution in [2.45, 2.75) is 45.3 Å². The van der Waals surface area contributed by atoms with Crippen molar-refractivity contribution in [2.24, 2.45) is 5.92 Å². The highest BCUT2D eigenvalue weighted by Crippen LogP contribution is 2.32. The van der Waals surface area contributed by atoms with Gasteiger partial charge in [-0.2, -0.15) is 0 Å². The first-order valence-corrected chi connectivity index (χ1v) is 15.4. The second-order valence-electron chi connectivity index (χ2n) is 11.9. The number of carbonyl (C=O) groups is 3. The van der Waals surface area contributed by atoms with E-state index in [0.717, 1.165) is 11.1 Å². The molecule has 4 rings (SSSR count). The lowest BCUT2D eigenvalue weighted by Gasteiger charge is -2.35. The van der Waals surface area contributed by atoms with Gasteiger partial charge in [-0.05, 0) is 39.8 Å². The average Bonchev–Trinajstić information content (AvgIpc) is 3.06. The number of carboxylic acid groups (broad SMARTS) is 1. The normalized spacial score (nSPS) is 12.1. The number of aliphatic carboxylic acids is 1. The maximum atomic E-state index is 14.0. The molecule has 0 aromatic heterocycles. The number of benzene rings is 4. The lowest BCUT2D eigenvalue weighted by Crippen LogP contribution is -2.61. The fourth-order valence-electron chi connectivity index (χ4n) is 5.40. The van der Waals surface area contributed by atoms with E-state index in [1.54, 1.807) is 36.4 Å². The number of hydrogen-bond donors (Lipinski definition) is 2. The van der Waals surface area contributed by atoms with Crippen molar-refractivity contribution in [1.29, 1.82) is 0 Å². The first-order valence-electron chi connectivity index (χ1n) is 15.4. The number of ether oxygens (including phenoxy) is 1. The Hall–Kier alpha value is -5.51. The van der Waals surface area contributed by atoms with Gasteiger partial charge in [-0.15, -0.1) is 0 Å². The van der Waals surface area contributed by atoms with E-state index in [-0.39, 0.29) is 50.6 Å². The molecule has 1 atom stereocenters. The minimum Gasteiger partial charge on any atom is -0.479 e. The van der Waals surface area contributed by atoms with Gasteiger partial charge in [0.05, 0.1) is 11.3 Å². The molecule has 0 heterocycles. The Morgan fingerprint density at radius 1 is 0.872 bits per heavy atom. The molecular formula is C37H39N3O7. The van der Waals surface area contributed by atoms with Gasteiger partial charge in [-0.1, -0.05) is 105 Å². The summed E-state index contributed by atoms with van der Waals surface area (Å²) in [6.45, 7) is 4.19. The van der Waals surface area contributed by atoms with Crippen molar-refractivity contribution < 1.29 is 29.2 Å².